The first-order chi connectivity index (χ1) is 15.7. The Morgan fingerprint density at radius 2 is 1.81 bits per heavy atom. The Balaban J connectivity index is 1.44. The van der Waals surface area contributed by atoms with E-state index in [9.17, 15) is 5.11 Å². The highest BCUT2D eigenvalue weighted by molar-refractivity contribution is 5.95. The molecule has 0 bridgehead atoms. The van der Waals surface area contributed by atoms with Gasteiger partial charge in [-0.15, -0.1) is 0 Å². The van der Waals surface area contributed by atoms with E-state index >= 15 is 0 Å². The summed E-state index contributed by atoms with van der Waals surface area (Å²) in [6, 6.07) is 11.7. The van der Waals surface area contributed by atoms with E-state index in [-0.39, 0.29) is 5.75 Å². The maximum absolute atomic E-state index is 9.78. The van der Waals surface area contributed by atoms with Crippen molar-refractivity contribution in [3.8, 4) is 28.5 Å². The Labute approximate surface area is 183 Å². The zero-order valence-electron chi connectivity index (χ0n) is 17.6. The van der Waals surface area contributed by atoms with Crippen LogP contribution in [0.4, 0.5) is 5.69 Å². The van der Waals surface area contributed by atoms with E-state index in [1.54, 1.807) is 12.3 Å². The zero-order chi connectivity index (χ0) is 21.7. The zero-order valence-corrected chi connectivity index (χ0v) is 17.6. The molecule has 9 heteroatoms. The molecule has 9 nitrogen and oxygen atoms in total. The number of likely N-dealkylation sites (N-methyl/N-ethyl adjacent to an activating group) is 1. The largest absolute Gasteiger partial charge is 0.506 e. The van der Waals surface area contributed by atoms with Crippen molar-refractivity contribution >= 4 is 27.8 Å². The number of piperazine rings is 1. The molecular weight excluding hydrogens is 404 g/mol. The van der Waals surface area contributed by atoms with E-state index in [1.807, 2.05) is 18.2 Å². The second-order valence-electron chi connectivity index (χ2n) is 8.15. The fourth-order valence-electron chi connectivity index (χ4n) is 4.22. The monoisotopic (exact) mass is 426 g/mol. The molecule has 4 aromatic heterocycles. The number of aromatic amines is 2. The van der Waals surface area contributed by atoms with Gasteiger partial charge in [0.2, 0.25) is 0 Å². The number of rotatable bonds is 3. The van der Waals surface area contributed by atoms with Gasteiger partial charge in [0.25, 0.3) is 0 Å². The number of nitrogens with zero attached hydrogens (tertiary/aromatic N) is 6. The van der Waals surface area contributed by atoms with Crippen molar-refractivity contribution in [3.63, 3.8) is 0 Å². The average Bonchev–Trinajstić information content (AvgIpc) is 3.43. The van der Waals surface area contributed by atoms with Crippen molar-refractivity contribution in [1.29, 1.82) is 0 Å². The highest BCUT2D eigenvalue weighted by atomic mass is 16.3. The molecule has 3 N–H and O–H groups in total. The van der Waals surface area contributed by atoms with Crippen molar-refractivity contribution in [3.05, 3.63) is 48.8 Å². The summed E-state index contributed by atoms with van der Waals surface area (Å²) in [4.78, 5) is 21.9. The number of pyridine rings is 2. The summed E-state index contributed by atoms with van der Waals surface area (Å²) >= 11 is 0. The maximum atomic E-state index is 9.78. The Kier molecular flexibility index (Phi) is 4.29. The minimum Gasteiger partial charge on any atom is -0.506 e. The Morgan fingerprint density at radius 1 is 0.938 bits per heavy atom. The number of aromatic nitrogens is 6. The fraction of sp³-hybridized carbons (Fsp3) is 0.217. The van der Waals surface area contributed by atoms with Gasteiger partial charge in [-0.25, -0.2) is 9.97 Å². The molecule has 0 unspecified atom stereocenters. The van der Waals surface area contributed by atoms with Crippen LogP contribution in [0.3, 0.4) is 0 Å². The summed E-state index contributed by atoms with van der Waals surface area (Å²) in [6.07, 6.45) is 3.08. The third kappa shape index (κ3) is 3.14. The van der Waals surface area contributed by atoms with E-state index in [0.717, 1.165) is 54.0 Å². The molecule has 0 aliphatic carbocycles. The molecule has 0 amide bonds. The normalized spacial score (nSPS) is 15.1. The summed E-state index contributed by atoms with van der Waals surface area (Å²) in [5.74, 6) is 0.775. The van der Waals surface area contributed by atoms with Crippen LogP contribution in [0.15, 0.2) is 48.8 Å². The highest BCUT2D eigenvalue weighted by Gasteiger charge is 2.20. The van der Waals surface area contributed by atoms with Gasteiger partial charge >= 0.3 is 0 Å². The van der Waals surface area contributed by atoms with Gasteiger partial charge in [-0.3, -0.25) is 10.1 Å². The molecule has 1 aliphatic rings. The van der Waals surface area contributed by atoms with Crippen LogP contribution in [0.25, 0.3) is 44.8 Å². The molecule has 1 aromatic carbocycles. The lowest BCUT2D eigenvalue weighted by Crippen LogP contribution is -2.44. The molecule has 160 valence electrons. The molecule has 0 spiro atoms. The Bertz CT molecular complexity index is 1430. The molecule has 0 saturated carbocycles. The van der Waals surface area contributed by atoms with Crippen molar-refractivity contribution in [1.82, 2.24) is 35.0 Å². The number of benzene rings is 1. The van der Waals surface area contributed by atoms with E-state index < -0.39 is 0 Å². The van der Waals surface area contributed by atoms with Gasteiger partial charge in [-0.2, -0.15) is 5.10 Å². The van der Waals surface area contributed by atoms with Gasteiger partial charge in [-0.1, -0.05) is 6.07 Å². The Hall–Kier alpha value is -3.98. The summed E-state index contributed by atoms with van der Waals surface area (Å²) in [7, 11) is 2.15. The Morgan fingerprint density at radius 3 is 2.66 bits per heavy atom. The van der Waals surface area contributed by atoms with Gasteiger partial charge in [-0.05, 0) is 37.4 Å². The van der Waals surface area contributed by atoms with Crippen LogP contribution in [-0.4, -0.2) is 73.4 Å². The van der Waals surface area contributed by atoms with Crippen LogP contribution in [0.5, 0.6) is 5.75 Å². The van der Waals surface area contributed by atoms with Crippen molar-refractivity contribution in [2.45, 2.75) is 0 Å². The number of imidazole rings is 1. The van der Waals surface area contributed by atoms with Gasteiger partial charge in [0.1, 0.15) is 16.8 Å². The van der Waals surface area contributed by atoms with Crippen LogP contribution >= 0.6 is 0 Å². The lowest BCUT2D eigenvalue weighted by molar-refractivity contribution is 0.313. The van der Waals surface area contributed by atoms with E-state index in [1.165, 1.54) is 6.20 Å². The first-order valence-corrected chi connectivity index (χ1v) is 10.6. The number of hydrogen-bond donors (Lipinski definition) is 3. The number of hydrogen-bond acceptors (Lipinski definition) is 7. The average molecular weight is 426 g/mol. The van der Waals surface area contributed by atoms with Crippen LogP contribution in [0.2, 0.25) is 0 Å². The number of para-hydroxylation sites is 1. The summed E-state index contributed by atoms with van der Waals surface area (Å²) < 4.78 is 0. The third-order valence-electron chi connectivity index (χ3n) is 5.99. The van der Waals surface area contributed by atoms with E-state index in [0.29, 0.717) is 22.7 Å². The van der Waals surface area contributed by atoms with Crippen LogP contribution in [0.1, 0.15) is 0 Å². The fourth-order valence-corrected chi connectivity index (χ4v) is 4.22. The summed E-state index contributed by atoms with van der Waals surface area (Å²) in [6.45, 7) is 4.03. The van der Waals surface area contributed by atoms with Crippen LogP contribution in [-0.2, 0) is 0 Å². The maximum Gasteiger partial charge on any atom is 0.161 e. The highest BCUT2D eigenvalue weighted by Crippen LogP contribution is 2.31. The number of nitrogens with one attached hydrogen (secondary N) is 2. The van der Waals surface area contributed by atoms with E-state index in [2.05, 4.69) is 49.1 Å². The topological polar surface area (TPSA) is 110 Å². The number of fused-ring (bicyclic) bond motifs is 2. The molecule has 32 heavy (non-hydrogen) atoms. The van der Waals surface area contributed by atoms with E-state index in [4.69, 9.17) is 9.97 Å². The summed E-state index contributed by atoms with van der Waals surface area (Å²) in [5.41, 5.74) is 6.69. The summed E-state index contributed by atoms with van der Waals surface area (Å²) in [5, 5.41) is 17.3. The smallest absolute Gasteiger partial charge is 0.161 e. The third-order valence-corrected chi connectivity index (χ3v) is 5.99. The van der Waals surface area contributed by atoms with Gasteiger partial charge in [0.15, 0.2) is 11.5 Å². The lowest BCUT2D eigenvalue weighted by atomic mass is 10.1. The van der Waals surface area contributed by atoms with Crippen LogP contribution < -0.4 is 4.90 Å². The molecule has 0 radical (unpaired) electrons. The number of aromatic hydroxyl groups is 1. The first-order valence-electron chi connectivity index (χ1n) is 10.6. The molecule has 1 saturated heterocycles. The van der Waals surface area contributed by atoms with Crippen molar-refractivity contribution in [2.24, 2.45) is 0 Å². The van der Waals surface area contributed by atoms with Crippen molar-refractivity contribution in [2.75, 3.05) is 38.1 Å². The van der Waals surface area contributed by atoms with Gasteiger partial charge in [0, 0.05) is 37.9 Å². The lowest BCUT2D eigenvalue weighted by Gasteiger charge is -2.34. The molecule has 5 heterocycles. The first kappa shape index (κ1) is 18.8. The number of anilines is 1. The molecule has 5 aromatic rings. The minimum atomic E-state index is 0.102. The minimum absolute atomic E-state index is 0.102. The molecule has 6 rings (SSSR count). The SMILES string of the molecule is CN1CCN(c2cccc3[nH]c(-c4n[nH]c5ccc(-c6cncc(O)c6)nc45)nc23)CC1. The molecular formula is C23H22N8O. The predicted octanol–water partition coefficient (Wildman–Crippen LogP) is 3.02. The van der Waals surface area contributed by atoms with Gasteiger partial charge in [0.05, 0.1) is 28.6 Å². The molecule has 1 aliphatic heterocycles. The second kappa shape index (κ2) is 7.31. The second-order valence-corrected chi connectivity index (χ2v) is 8.15. The molecule has 0 atom stereocenters. The van der Waals surface area contributed by atoms with Gasteiger partial charge < -0.3 is 19.9 Å². The van der Waals surface area contributed by atoms with Crippen LogP contribution in [0, 0.1) is 0 Å². The standard InChI is InChI=1S/C23H22N8O/c1-30-7-9-31(10-8-30)19-4-2-3-17-20(19)27-23(26-17)22-21-18(28-29-22)6-5-16(25-21)14-11-15(32)13-24-12-14/h2-6,11-13,32H,7-10H2,1H3,(H,26,27)(H,28,29). The molecule has 1 fully saturated rings. The quantitative estimate of drug-likeness (QED) is 0.407. The van der Waals surface area contributed by atoms with Crippen molar-refractivity contribution < 1.29 is 5.11 Å². The predicted molar refractivity (Wildman–Crippen MR) is 124 cm³/mol. The number of H-pyrrole nitrogens is 2.